The molecule has 2 aliphatic heterocycles. The van der Waals surface area contributed by atoms with Crippen molar-refractivity contribution in [3.05, 3.63) is 59.7 Å². The lowest BCUT2D eigenvalue weighted by Crippen LogP contribution is -2.35. The monoisotopic (exact) mass is 289 g/mol. The van der Waals surface area contributed by atoms with E-state index in [2.05, 4.69) is 60.8 Å². The molecule has 0 saturated carbocycles. The highest BCUT2D eigenvalue weighted by molar-refractivity contribution is 6.44. The van der Waals surface area contributed by atoms with Crippen LogP contribution < -0.4 is 5.32 Å². The minimum absolute atomic E-state index is 0.0615. The zero-order valence-electron chi connectivity index (χ0n) is 12.7. The summed E-state index contributed by atoms with van der Waals surface area (Å²) in [4.78, 5) is 9.68. The van der Waals surface area contributed by atoms with Crippen molar-refractivity contribution < 1.29 is 0 Å². The maximum absolute atomic E-state index is 4.85. The van der Waals surface area contributed by atoms with Gasteiger partial charge in [-0.15, -0.1) is 0 Å². The fraction of sp³-hybridized carbons (Fsp3) is 0.263. The van der Waals surface area contributed by atoms with Gasteiger partial charge in [0.1, 0.15) is 0 Å². The fourth-order valence-electron chi connectivity index (χ4n) is 3.25. The van der Waals surface area contributed by atoms with E-state index in [4.69, 9.17) is 9.98 Å². The Labute approximate surface area is 130 Å². The molecular weight excluding hydrogens is 270 g/mol. The molecule has 0 bridgehead atoms. The van der Waals surface area contributed by atoms with Gasteiger partial charge in [0, 0.05) is 25.1 Å². The largest absolute Gasteiger partial charge is 0.311 e. The van der Waals surface area contributed by atoms with Crippen molar-refractivity contribution in [2.75, 3.05) is 13.1 Å². The van der Waals surface area contributed by atoms with Gasteiger partial charge >= 0.3 is 0 Å². The first-order valence-corrected chi connectivity index (χ1v) is 7.82. The molecule has 2 aromatic rings. The van der Waals surface area contributed by atoms with Crippen molar-refractivity contribution in [2.24, 2.45) is 9.98 Å². The Morgan fingerprint density at radius 2 is 1.77 bits per heavy atom. The van der Waals surface area contributed by atoms with Crippen molar-refractivity contribution in [1.82, 2.24) is 5.32 Å². The SMILES string of the molecule is Cc1c(-c2ccccc2)cccc1C1N=C2CCNCC2=N1. The summed E-state index contributed by atoms with van der Waals surface area (Å²) >= 11 is 0. The van der Waals surface area contributed by atoms with Gasteiger partial charge in [-0.1, -0.05) is 48.5 Å². The van der Waals surface area contributed by atoms with Crippen LogP contribution in [-0.4, -0.2) is 24.5 Å². The van der Waals surface area contributed by atoms with Gasteiger partial charge in [0.2, 0.25) is 0 Å². The maximum atomic E-state index is 4.85. The van der Waals surface area contributed by atoms with Crippen LogP contribution in [-0.2, 0) is 0 Å². The third kappa shape index (κ3) is 2.28. The molecule has 0 spiro atoms. The number of hydrogen-bond acceptors (Lipinski definition) is 3. The molecule has 1 atom stereocenters. The third-order valence-electron chi connectivity index (χ3n) is 4.46. The number of piperidine rings is 1. The van der Waals surface area contributed by atoms with E-state index in [0.717, 1.165) is 25.2 Å². The zero-order chi connectivity index (χ0) is 14.9. The predicted molar refractivity (Wildman–Crippen MR) is 91.7 cm³/mol. The second kappa shape index (κ2) is 5.50. The van der Waals surface area contributed by atoms with Crippen LogP contribution in [0.1, 0.15) is 23.7 Å². The Kier molecular flexibility index (Phi) is 3.35. The maximum Gasteiger partial charge on any atom is 0.166 e. The van der Waals surface area contributed by atoms with Crippen LogP contribution in [0.25, 0.3) is 11.1 Å². The first kappa shape index (κ1) is 13.4. The number of nitrogens with one attached hydrogen (secondary N) is 1. The van der Waals surface area contributed by atoms with E-state index in [1.807, 2.05) is 0 Å². The Bertz CT molecular complexity index is 738. The molecule has 0 aliphatic carbocycles. The summed E-state index contributed by atoms with van der Waals surface area (Å²) in [6.07, 6.45) is 0.931. The van der Waals surface area contributed by atoms with Crippen molar-refractivity contribution >= 4 is 11.4 Å². The quantitative estimate of drug-likeness (QED) is 0.902. The van der Waals surface area contributed by atoms with E-state index in [1.54, 1.807) is 0 Å². The normalized spacial score (nSPS) is 20.3. The lowest BCUT2D eigenvalue weighted by molar-refractivity contribution is 0.772. The minimum atomic E-state index is -0.0615. The molecule has 22 heavy (non-hydrogen) atoms. The number of fused-ring (bicyclic) bond motifs is 1. The standard InChI is InChI=1S/C19H19N3/c1-13-15(14-6-3-2-4-7-14)8-5-9-16(13)19-21-17-10-11-20-12-18(17)22-19/h2-9,19-20H,10-12H2,1H3. The number of hydrogen-bond donors (Lipinski definition) is 1. The Morgan fingerprint density at radius 1 is 0.955 bits per heavy atom. The Hall–Kier alpha value is -2.26. The van der Waals surface area contributed by atoms with Gasteiger partial charge in [-0.25, -0.2) is 0 Å². The Balaban J connectivity index is 1.75. The summed E-state index contributed by atoms with van der Waals surface area (Å²) in [6, 6.07) is 17.0. The van der Waals surface area contributed by atoms with Crippen LogP contribution in [0.15, 0.2) is 58.5 Å². The average Bonchev–Trinajstić information content (AvgIpc) is 2.99. The molecule has 0 aromatic heterocycles. The molecule has 0 radical (unpaired) electrons. The van der Waals surface area contributed by atoms with Crippen LogP contribution in [0.5, 0.6) is 0 Å². The van der Waals surface area contributed by atoms with E-state index in [1.165, 1.54) is 28.0 Å². The summed E-state index contributed by atoms with van der Waals surface area (Å²) in [7, 11) is 0. The summed E-state index contributed by atoms with van der Waals surface area (Å²) < 4.78 is 0. The highest BCUT2D eigenvalue weighted by Gasteiger charge is 2.25. The number of rotatable bonds is 2. The number of nitrogens with zero attached hydrogens (tertiary/aromatic N) is 2. The molecule has 1 saturated heterocycles. The first-order chi connectivity index (χ1) is 10.8. The Morgan fingerprint density at radius 3 is 2.59 bits per heavy atom. The van der Waals surface area contributed by atoms with Crippen LogP contribution >= 0.6 is 0 Å². The summed E-state index contributed by atoms with van der Waals surface area (Å²) in [5.74, 6) is 0. The van der Waals surface area contributed by atoms with E-state index in [-0.39, 0.29) is 6.17 Å². The highest BCUT2D eigenvalue weighted by Crippen LogP contribution is 2.33. The van der Waals surface area contributed by atoms with Gasteiger partial charge in [0.25, 0.3) is 0 Å². The van der Waals surface area contributed by atoms with Crippen LogP contribution in [0, 0.1) is 6.92 Å². The smallest absolute Gasteiger partial charge is 0.166 e. The molecular formula is C19H19N3. The summed E-state index contributed by atoms with van der Waals surface area (Å²) in [5, 5.41) is 3.37. The van der Waals surface area contributed by atoms with Gasteiger partial charge in [-0.2, -0.15) is 0 Å². The molecule has 3 heteroatoms. The van der Waals surface area contributed by atoms with Crippen LogP contribution in [0.4, 0.5) is 0 Å². The second-order valence-corrected chi connectivity index (χ2v) is 5.84. The molecule has 4 rings (SSSR count). The molecule has 1 fully saturated rings. The van der Waals surface area contributed by atoms with Crippen molar-refractivity contribution in [2.45, 2.75) is 19.5 Å². The number of aliphatic imine (C=N–C) groups is 2. The van der Waals surface area contributed by atoms with Crippen molar-refractivity contribution in [1.29, 1.82) is 0 Å². The molecule has 110 valence electrons. The van der Waals surface area contributed by atoms with E-state index in [0.29, 0.717) is 0 Å². The van der Waals surface area contributed by atoms with Crippen LogP contribution in [0.3, 0.4) is 0 Å². The van der Waals surface area contributed by atoms with Gasteiger partial charge in [0.05, 0.1) is 11.4 Å². The number of benzene rings is 2. The summed E-state index contributed by atoms with van der Waals surface area (Å²) in [5.41, 5.74) is 7.34. The molecule has 1 N–H and O–H groups in total. The molecule has 2 aromatic carbocycles. The molecule has 3 nitrogen and oxygen atoms in total. The molecule has 2 heterocycles. The van der Waals surface area contributed by atoms with Crippen molar-refractivity contribution in [3.63, 3.8) is 0 Å². The van der Waals surface area contributed by atoms with Gasteiger partial charge < -0.3 is 5.32 Å². The lowest BCUT2D eigenvalue weighted by Gasteiger charge is -2.13. The molecule has 0 amide bonds. The van der Waals surface area contributed by atoms with Gasteiger partial charge in [-0.3, -0.25) is 9.98 Å². The average molecular weight is 289 g/mol. The highest BCUT2D eigenvalue weighted by atomic mass is 15.1. The fourth-order valence-corrected chi connectivity index (χ4v) is 3.25. The van der Waals surface area contributed by atoms with Crippen molar-refractivity contribution in [3.8, 4) is 11.1 Å². The lowest BCUT2D eigenvalue weighted by atomic mass is 9.95. The van der Waals surface area contributed by atoms with Gasteiger partial charge in [-0.05, 0) is 23.6 Å². The predicted octanol–water partition coefficient (Wildman–Crippen LogP) is 3.55. The first-order valence-electron chi connectivity index (χ1n) is 7.82. The van der Waals surface area contributed by atoms with E-state index < -0.39 is 0 Å². The second-order valence-electron chi connectivity index (χ2n) is 5.84. The zero-order valence-corrected chi connectivity index (χ0v) is 12.7. The summed E-state index contributed by atoms with van der Waals surface area (Å²) in [6.45, 7) is 4.04. The topological polar surface area (TPSA) is 36.8 Å². The van der Waals surface area contributed by atoms with Gasteiger partial charge in [0.15, 0.2) is 6.17 Å². The van der Waals surface area contributed by atoms with E-state index >= 15 is 0 Å². The third-order valence-corrected chi connectivity index (χ3v) is 4.46. The molecule has 1 unspecified atom stereocenters. The molecule has 2 aliphatic rings. The van der Waals surface area contributed by atoms with E-state index in [9.17, 15) is 0 Å². The minimum Gasteiger partial charge on any atom is -0.311 e. The van der Waals surface area contributed by atoms with Crippen LogP contribution in [0.2, 0.25) is 0 Å².